The van der Waals surface area contributed by atoms with E-state index < -0.39 is 5.97 Å². The van der Waals surface area contributed by atoms with Crippen molar-refractivity contribution in [1.82, 2.24) is 9.78 Å². The minimum Gasteiger partial charge on any atom is -0.451 e. The molecule has 1 aliphatic carbocycles. The van der Waals surface area contributed by atoms with Crippen LogP contribution in [0.2, 0.25) is 0 Å². The van der Waals surface area contributed by atoms with Gasteiger partial charge >= 0.3 is 5.97 Å². The molecule has 0 unspecified atom stereocenters. The van der Waals surface area contributed by atoms with Gasteiger partial charge in [0.25, 0.3) is 5.91 Å². The number of anilines is 1. The first-order valence-corrected chi connectivity index (χ1v) is 9.85. The van der Waals surface area contributed by atoms with E-state index in [1.165, 1.54) is 5.56 Å². The topological polar surface area (TPSA) is 73.2 Å². The van der Waals surface area contributed by atoms with Crippen molar-refractivity contribution in [3.63, 3.8) is 0 Å². The molecule has 0 spiro atoms. The molecule has 2 aromatic carbocycles. The van der Waals surface area contributed by atoms with Crippen molar-refractivity contribution in [3.8, 4) is 5.69 Å². The molecule has 1 amide bonds. The maximum Gasteiger partial charge on any atom is 0.357 e. The molecule has 29 heavy (non-hydrogen) atoms. The minimum absolute atomic E-state index is 0.332. The molecule has 1 N–H and O–H groups in total. The second-order valence-corrected chi connectivity index (χ2v) is 7.15. The number of aromatic nitrogens is 2. The number of amides is 1. The van der Waals surface area contributed by atoms with Gasteiger partial charge in [0.1, 0.15) is 0 Å². The summed E-state index contributed by atoms with van der Waals surface area (Å²) in [6.07, 6.45) is 3.10. The molecule has 0 radical (unpaired) electrons. The van der Waals surface area contributed by atoms with Gasteiger partial charge in [-0.2, -0.15) is 5.10 Å². The number of hydrogen-bond donors (Lipinski definition) is 1. The summed E-state index contributed by atoms with van der Waals surface area (Å²) in [6, 6.07) is 18.8. The lowest BCUT2D eigenvalue weighted by Gasteiger charge is -2.09. The van der Waals surface area contributed by atoms with E-state index in [1.807, 2.05) is 54.6 Å². The highest BCUT2D eigenvalue weighted by atomic mass is 16.5. The Morgan fingerprint density at radius 3 is 2.48 bits per heavy atom. The van der Waals surface area contributed by atoms with Crippen LogP contribution in [0, 0.1) is 0 Å². The largest absolute Gasteiger partial charge is 0.451 e. The summed E-state index contributed by atoms with van der Waals surface area (Å²) in [5, 5.41) is 7.33. The molecule has 4 rings (SSSR count). The molecule has 1 fully saturated rings. The zero-order chi connectivity index (χ0) is 20.2. The Balaban J connectivity index is 1.43. The van der Waals surface area contributed by atoms with Crippen molar-refractivity contribution in [1.29, 1.82) is 0 Å². The van der Waals surface area contributed by atoms with Gasteiger partial charge in [0, 0.05) is 11.6 Å². The number of benzene rings is 2. The normalized spacial score (nSPS) is 13.1. The van der Waals surface area contributed by atoms with Gasteiger partial charge in [-0.1, -0.05) is 37.3 Å². The first-order chi connectivity index (χ1) is 14.1. The Labute approximate surface area is 169 Å². The molecule has 0 atom stereocenters. The van der Waals surface area contributed by atoms with Crippen molar-refractivity contribution in [2.24, 2.45) is 0 Å². The molecule has 1 heterocycles. The number of nitrogens with one attached hydrogen (secondary N) is 1. The van der Waals surface area contributed by atoms with Crippen molar-refractivity contribution in [3.05, 3.63) is 77.6 Å². The number of ether oxygens (including phenoxy) is 1. The Bertz CT molecular complexity index is 1010. The van der Waals surface area contributed by atoms with Crippen LogP contribution in [-0.4, -0.2) is 28.3 Å². The number of para-hydroxylation sites is 1. The van der Waals surface area contributed by atoms with E-state index in [-0.39, 0.29) is 12.5 Å². The van der Waals surface area contributed by atoms with Crippen molar-refractivity contribution < 1.29 is 14.3 Å². The van der Waals surface area contributed by atoms with Crippen LogP contribution in [0.25, 0.3) is 5.69 Å². The summed E-state index contributed by atoms with van der Waals surface area (Å²) >= 11 is 0. The van der Waals surface area contributed by atoms with Gasteiger partial charge in [0.2, 0.25) is 0 Å². The molecule has 6 nitrogen and oxygen atoms in total. The number of esters is 1. The van der Waals surface area contributed by atoms with Gasteiger partial charge in [-0.05, 0) is 55.2 Å². The van der Waals surface area contributed by atoms with E-state index in [2.05, 4.69) is 17.3 Å². The summed E-state index contributed by atoms with van der Waals surface area (Å²) in [4.78, 5) is 24.8. The smallest absolute Gasteiger partial charge is 0.357 e. The highest BCUT2D eigenvalue weighted by Crippen LogP contribution is 2.39. The summed E-state index contributed by atoms with van der Waals surface area (Å²) in [5.41, 5.74) is 3.87. The summed E-state index contributed by atoms with van der Waals surface area (Å²) in [7, 11) is 0. The Hall–Kier alpha value is -3.41. The van der Waals surface area contributed by atoms with Gasteiger partial charge in [-0.25, -0.2) is 9.48 Å². The van der Waals surface area contributed by atoms with E-state index in [9.17, 15) is 9.59 Å². The Morgan fingerprint density at radius 2 is 1.83 bits per heavy atom. The fourth-order valence-electron chi connectivity index (χ4n) is 3.12. The Morgan fingerprint density at radius 1 is 1.10 bits per heavy atom. The van der Waals surface area contributed by atoms with E-state index >= 15 is 0 Å². The SMILES string of the molecule is CCc1ccc(NC(=O)COC(=O)c2cc(C3CC3)nn2-c2ccccc2)cc1. The standard InChI is InChI=1S/C23H23N3O3/c1-2-16-8-12-18(13-9-16)24-22(27)15-29-23(28)21-14-20(17-10-11-17)25-26(21)19-6-4-3-5-7-19/h3-9,12-14,17H,2,10-11,15H2,1H3,(H,24,27). The third kappa shape index (κ3) is 4.54. The molecular formula is C23H23N3O3. The molecule has 6 heteroatoms. The van der Waals surface area contributed by atoms with Crippen LogP contribution in [0.3, 0.4) is 0 Å². The highest BCUT2D eigenvalue weighted by molar-refractivity contribution is 5.95. The molecule has 3 aromatic rings. The fraction of sp³-hybridized carbons (Fsp3) is 0.261. The highest BCUT2D eigenvalue weighted by Gasteiger charge is 2.29. The third-order valence-corrected chi connectivity index (χ3v) is 4.91. The molecule has 0 saturated heterocycles. The van der Waals surface area contributed by atoms with Crippen LogP contribution < -0.4 is 5.32 Å². The zero-order valence-electron chi connectivity index (χ0n) is 16.3. The number of rotatable bonds is 7. The summed E-state index contributed by atoms with van der Waals surface area (Å²) in [5.74, 6) is -0.540. The van der Waals surface area contributed by atoms with Crippen LogP contribution in [0.1, 0.15) is 47.4 Å². The van der Waals surface area contributed by atoms with E-state index in [0.29, 0.717) is 17.3 Å². The lowest BCUT2D eigenvalue weighted by atomic mass is 10.1. The second-order valence-electron chi connectivity index (χ2n) is 7.15. The number of nitrogens with zero attached hydrogens (tertiary/aromatic N) is 2. The van der Waals surface area contributed by atoms with Crippen LogP contribution in [0.15, 0.2) is 60.7 Å². The molecule has 1 aromatic heterocycles. The number of hydrogen-bond acceptors (Lipinski definition) is 4. The van der Waals surface area contributed by atoms with E-state index in [0.717, 1.165) is 30.6 Å². The number of carbonyl (C=O) groups is 2. The average molecular weight is 389 g/mol. The third-order valence-electron chi connectivity index (χ3n) is 4.91. The average Bonchev–Trinajstić information content (AvgIpc) is 3.51. The molecule has 1 aliphatic rings. The summed E-state index contributed by atoms with van der Waals surface area (Å²) < 4.78 is 6.87. The predicted molar refractivity (Wildman–Crippen MR) is 110 cm³/mol. The maximum absolute atomic E-state index is 12.7. The zero-order valence-corrected chi connectivity index (χ0v) is 16.3. The lowest BCUT2D eigenvalue weighted by Crippen LogP contribution is -2.22. The predicted octanol–water partition coefficient (Wildman–Crippen LogP) is 4.11. The van der Waals surface area contributed by atoms with Crippen molar-refractivity contribution in [2.45, 2.75) is 32.1 Å². The maximum atomic E-state index is 12.7. The number of aryl methyl sites for hydroxylation is 1. The molecule has 0 aliphatic heterocycles. The van der Waals surface area contributed by atoms with E-state index in [4.69, 9.17) is 4.74 Å². The van der Waals surface area contributed by atoms with Gasteiger partial charge in [0.05, 0.1) is 11.4 Å². The first kappa shape index (κ1) is 18.9. The van der Waals surface area contributed by atoms with Gasteiger partial charge in [-0.15, -0.1) is 0 Å². The molecule has 0 bridgehead atoms. The quantitative estimate of drug-likeness (QED) is 0.617. The fourth-order valence-corrected chi connectivity index (χ4v) is 3.12. The van der Waals surface area contributed by atoms with Crippen LogP contribution in [0.4, 0.5) is 5.69 Å². The van der Waals surface area contributed by atoms with Gasteiger partial charge in [0.15, 0.2) is 12.3 Å². The van der Waals surface area contributed by atoms with Crippen LogP contribution >= 0.6 is 0 Å². The van der Waals surface area contributed by atoms with E-state index in [1.54, 1.807) is 10.7 Å². The minimum atomic E-state index is -0.565. The molecule has 1 saturated carbocycles. The van der Waals surface area contributed by atoms with Crippen LogP contribution in [0.5, 0.6) is 0 Å². The van der Waals surface area contributed by atoms with Crippen molar-refractivity contribution in [2.75, 3.05) is 11.9 Å². The molecule has 148 valence electrons. The summed E-state index contributed by atoms with van der Waals surface area (Å²) in [6.45, 7) is 1.72. The van der Waals surface area contributed by atoms with Gasteiger partial charge in [-0.3, -0.25) is 4.79 Å². The lowest BCUT2D eigenvalue weighted by molar-refractivity contribution is -0.119. The van der Waals surface area contributed by atoms with Crippen LogP contribution in [-0.2, 0) is 16.0 Å². The Kier molecular flexibility index (Phi) is 5.42. The second kappa shape index (κ2) is 8.31. The monoisotopic (exact) mass is 389 g/mol. The number of carbonyl (C=O) groups excluding carboxylic acids is 2. The van der Waals surface area contributed by atoms with Gasteiger partial charge < -0.3 is 10.1 Å². The molecular weight excluding hydrogens is 366 g/mol. The first-order valence-electron chi connectivity index (χ1n) is 9.85. The van der Waals surface area contributed by atoms with Crippen molar-refractivity contribution >= 4 is 17.6 Å².